The van der Waals surface area contributed by atoms with Crippen LogP contribution in [0.1, 0.15) is 42.7 Å². The van der Waals surface area contributed by atoms with Crippen LogP contribution in [0.25, 0.3) is 0 Å². The van der Waals surface area contributed by atoms with Gasteiger partial charge in [-0.3, -0.25) is 10.0 Å². The van der Waals surface area contributed by atoms with E-state index in [0.29, 0.717) is 25.9 Å². The molecule has 2 aromatic rings. The maximum absolute atomic E-state index is 13.4. The van der Waals surface area contributed by atoms with Gasteiger partial charge in [0.05, 0.1) is 5.25 Å². The lowest BCUT2D eigenvalue weighted by atomic mass is 9.92. The summed E-state index contributed by atoms with van der Waals surface area (Å²) in [6.07, 6.45) is 2.01. The molecular weight excluding hydrogens is 407 g/mol. The molecule has 6 nitrogen and oxygen atoms in total. The van der Waals surface area contributed by atoms with Crippen molar-refractivity contribution >= 4 is 15.9 Å². The van der Waals surface area contributed by atoms with E-state index in [4.69, 9.17) is 5.21 Å². The molecule has 1 heterocycles. The van der Waals surface area contributed by atoms with Gasteiger partial charge >= 0.3 is 0 Å². The minimum Gasteiger partial charge on any atom is -0.289 e. The molecule has 2 N–H and O–H groups in total. The number of hydrogen-bond donors (Lipinski definition) is 2. The van der Waals surface area contributed by atoms with Crippen LogP contribution in [0.15, 0.2) is 54.6 Å². The number of amides is 1. The molecule has 2 unspecified atom stereocenters. The molecular formula is C22H27FN2O4S. The van der Waals surface area contributed by atoms with Gasteiger partial charge in [0, 0.05) is 19.5 Å². The van der Waals surface area contributed by atoms with Gasteiger partial charge in [-0.15, -0.1) is 0 Å². The molecule has 0 saturated carbocycles. The Labute approximate surface area is 176 Å². The third-order valence-electron chi connectivity index (χ3n) is 5.65. The quantitative estimate of drug-likeness (QED) is 0.517. The summed E-state index contributed by atoms with van der Waals surface area (Å²) >= 11 is 0. The predicted molar refractivity (Wildman–Crippen MR) is 112 cm³/mol. The van der Waals surface area contributed by atoms with E-state index in [2.05, 4.69) is 0 Å². The van der Waals surface area contributed by atoms with Crippen molar-refractivity contribution in [1.82, 2.24) is 9.79 Å². The third-order valence-corrected chi connectivity index (χ3v) is 7.91. The smallest absolute Gasteiger partial charge is 0.244 e. The lowest BCUT2D eigenvalue weighted by Gasteiger charge is -2.26. The van der Waals surface area contributed by atoms with Gasteiger partial charge in [-0.05, 0) is 54.9 Å². The highest BCUT2D eigenvalue weighted by Crippen LogP contribution is 2.30. The van der Waals surface area contributed by atoms with Crippen LogP contribution in [0.3, 0.4) is 0 Å². The van der Waals surface area contributed by atoms with Gasteiger partial charge in [0.2, 0.25) is 15.9 Å². The number of halogens is 1. The van der Waals surface area contributed by atoms with E-state index in [1.54, 1.807) is 17.6 Å². The van der Waals surface area contributed by atoms with Crippen molar-refractivity contribution < 1.29 is 22.8 Å². The summed E-state index contributed by atoms with van der Waals surface area (Å²) in [5.74, 6) is -0.847. The van der Waals surface area contributed by atoms with Crippen molar-refractivity contribution in [3.63, 3.8) is 0 Å². The molecule has 1 amide bonds. The van der Waals surface area contributed by atoms with Crippen LogP contribution in [-0.4, -0.2) is 42.2 Å². The SMILES string of the molecule is O=C(CC(Cc1ccccc1)S(=O)(=O)N1CCCC(c2ccc(F)cc2)CC1)NO. The summed E-state index contributed by atoms with van der Waals surface area (Å²) in [7, 11) is -3.76. The first kappa shape index (κ1) is 22.4. The van der Waals surface area contributed by atoms with Crippen LogP contribution in [0.4, 0.5) is 4.39 Å². The van der Waals surface area contributed by atoms with Gasteiger partial charge in [-0.1, -0.05) is 42.5 Å². The Morgan fingerprint density at radius 2 is 1.80 bits per heavy atom. The van der Waals surface area contributed by atoms with Crippen LogP contribution >= 0.6 is 0 Å². The molecule has 0 aromatic heterocycles. The Kier molecular flexibility index (Phi) is 7.58. The number of carbonyl (C=O) groups is 1. The van der Waals surface area contributed by atoms with Gasteiger partial charge in [-0.2, -0.15) is 0 Å². The number of rotatable bonds is 7. The van der Waals surface area contributed by atoms with Crippen molar-refractivity contribution in [2.45, 2.75) is 43.3 Å². The summed E-state index contributed by atoms with van der Waals surface area (Å²) < 4.78 is 41.5. The molecule has 30 heavy (non-hydrogen) atoms. The molecule has 1 aliphatic heterocycles. The average Bonchev–Trinajstić information content (AvgIpc) is 3.01. The Bertz CT molecular complexity index is 935. The number of sulfonamides is 1. The molecule has 0 spiro atoms. The normalized spacial score (nSPS) is 19.1. The van der Waals surface area contributed by atoms with E-state index < -0.39 is 21.2 Å². The van der Waals surface area contributed by atoms with Crippen LogP contribution in [0.5, 0.6) is 0 Å². The number of benzene rings is 2. The van der Waals surface area contributed by atoms with Crippen molar-refractivity contribution in [1.29, 1.82) is 0 Å². The van der Waals surface area contributed by atoms with Crippen molar-refractivity contribution in [3.8, 4) is 0 Å². The van der Waals surface area contributed by atoms with Gasteiger partial charge < -0.3 is 0 Å². The summed E-state index contributed by atoms with van der Waals surface area (Å²) in [5, 5.41) is 7.95. The highest BCUT2D eigenvalue weighted by atomic mass is 32.2. The predicted octanol–water partition coefficient (Wildman–Crippen LogP) is 3.23. The zero-order valence-corrected chi connectivity index (χ0v) is 17.5. The number of nitrogens with zero attached hydrogens (tertiary/aromatic N) is 1. The van der Waals surface area contributed by atoms with Crippen molar-refractivity contribution in [3.05, 3.63) is 71.5 Å². The van der Waals surface area contributed by atoms with Gasteiger partial charge in [-0.25, -0.2) is 22.6 Å². The summed E-state index contributed by atoms with van der Waals surface area (Å²) in [6.45, 7) is 0.725. The maximum atomic E-state index is 13.4. The molecule has 2 atom stereocenters. The second-order valence-electron chi connectivity index (χ2n) is 7.67. The Morgan fingerprint density at radius 3 is 2.47 bits per heavy atom. The second-order valence-corrected chi connectivity index (χ2v) is 9.89. The topological polar surface area (TPSA) is 86.7 Å². The van der Waals surface area contributed by atoms with E-state index in [1.165, 1.54) is 16.4 Å². The van der Waals surface area contributed by atoms with Crippen LogP contribution in [0.2, 0.25) is 0 Å². The van der Waals surface area contributed by atoms with E-state index in [1.807, 2.05) is 30.3 Å². The van der Waals surface area contributed by atoms with Crippen LogP contribution in [-0.2, 0) is 21.2 Å². The maximum Gasteiger partial charge on any atom is 0.244 e. The average molecular weight is 435 g/mol. The monoisotopic (exact) mass is 434 g/mol. The fraction of sp³-hybridized carbons (Fsp3) is 0.409. The van der Waals surface area contributed by atoms with Gasteiger partial charge in [0.15, 0.2) is 0 Å². The molecule has 162 valence electrons. The first-order valence-corrected chi connectivity index (χ1v) is 11.6. The number of nitrogens with one attached hydrogen (secondary N) is 1. The Morgan fingerprint density at radius 1 is 1.10 bits per heavy atom. The molecule has 1 saturated heterocycles. The minimum absolute atomic E-state index is 0.166. The molecule has 1 aliphatic rings. The van der Waals surface area contributed by atoms with Crippen molar-refractivity contribution in [2.24, 2.45) is 0 Å². The molecule has 8 heteroatoms. The fourth-order valence-electron chi connectivity index (χ4n) is 4.02. The van der Waals surface area contributed by atoms with Gasteiger partial charge in [0.25, 0.3) is 0 Å². The first-order chi connectivity index (χ1) is 14.4. The summed E-state index contributed by atoms with van der Waals surface area (Å²) in [4.78, 5) is 11.8. The zero-order chi connectivity index (χ0) is 21.6. The van der Waals surface area contributed by atoms with Crippen molar-refractivity contribution in [2.75, 3.05) is 13.1 Å². The van der Waals surface area contributed by atoms with E-state index in [9.17, 15) is 17.6 Å². The lowest BCUT2D eigenvalue weighted by molar-refractivity contribution is -0.129. The van der Waals surface area contributed by atoms with E-state index >= 15 is 0 Å². The first-order valence-electron chi connectivity index (χ1n) is 10.1. The number of carbonyl (C=O) groups excluding carboxylic acids is 1. The highest BCUT2D eigenvalue weighted by molar-refractivity contribution is 7.89. The van der Waals surface area contributed by atoms with E-state index in [-0.39, 0.29) is 24.6 Å². The summed E-state index contributed by atoms with van der Waals surface area (Å²) in [6, 6.07) is 15.5. The van der Waals surface area contributed by atoms with Crippen LogP contribution < -0.4 is 5.48 Å². The largest absolute Gasteiger partial charge is 0.289 e. The molecule has 0 radical (unpaired) electrons. The molecule has 2 aromatic carbocycles. The molecule has 3 rings (SSSR count). The summed E-state index contributed by atoms with van der Waals surface area (Å²) in [5.41, 5.74) is 3.38. The number of hydrogen-bond acceptors (Lipinski definition) is 4. The highest BCUT2D eigenvalue weighted by Gasteiger charge is 2.35. The standard InChI is InChI=1S/C22H27FN2O4S/c23-20-10-8-19(9-11-20)18-7-4-13-25(14-12-18)30(28,29)21(16-22(26)24-27)15-17-5-2-1-3-6-17/h1-3,5-6,8-11,18,21,27H,4,7,12-16H2,(H,24,26). The van der Waals surface area contributed by atoms with Gasteiger partial charge in [0.1, 0.15) is 5.82 Å². The molecule has 0 bridgehead atoms. The van der Waals surface area contributed by atoms with E-state index in [0.717, 1.165) is 17.5 Å². The zero-order valence-electron chi connectivity index (χ0n) is 16.7. The third kappa shape index (κ3) is 5.65. The molecule has 0 aliphatic carbocycles. The molecule has 1 fully saturated rings. The Balaban J connectivity index is 1.76. The minimum atomic E-state index is -3.76. The second kappa shape index (κ2) is 10.1. The number of hydroxylamine groups is 1. The van der Waals surface area contributed by atoms with Crippen LogP contribution in [0, 0.1) is 5.82 Å². The fourth-order valence-corrected chi connectivity index (χ4v) is 5.95. The Hall–Kier alpha value is -2.29. The lowest BCUT2D eigenvalue weighted by Crippen LogP contribution is -2.42.